The van der Waals surface area contributed by atoms with Gasteiger partial charge in [-0.1, -0.05) is 30.5 Å². The first-order valence-electron chi connectivity index (χ1n) is 8.58. The summed E-state index contributed by atoms with van der Waals surface area (Å²) in [5.41, 5.74) is 11.1. The monoisotopic (exact) mass is 389 g/mol. The molecule has 0 aliphatic heterocycles. The third-order valence-corrected chi connectivity index (χ3v) is 5.04. The minimum Gasteiger partial charge on any atom is -0.480 e. The maximum atomic E-state index is 12.7. The molecule has 1 fully saturated rings. The Morgan fingerprint density at radius 3 is 2.59 bits per heavy atom. The molecule has 3 rings (SSSR count). The Kier molecular flexibility index (Phi) is 5.46. The van der Waals surface area contributed by atoms with Gasteiger partial charge < -0.3 is 21.9 Å². The first-order valence-corrected chi connectivity index (χ1v) is 8.96. The van der Waals surface area contributed by atoms with Gasteiger partial charge in [0.1, 0.15) is 6.04 Å². The Morgan fingerprint density at radius 1 is 1.26 bits per heavy atom. The van der Waals surface area contributed by atoms with Gasteiger partial charge in [-0.3, -0.25) is 4.79 Å². The van der Waals surface area contributed by atoms with Crippen LogP contribution in [0.25, 0.3) is 10.8 Å². The van der Waals surface area contributed by atoms with E-state index in [0.29, 0.717) is 15.8 Å². The smallest absolute Gasteiger partial charge is 0.326 e. The number of amides is 1. The minimum absolute atomic E-state index is 0.0554. The summed E-state index contributed by atoms with van der Waals surface area (Å²) in [7, 11) is 0. The molecule has 1 heterocycles. The SMILES string of the molecule is NC(N)=Nc1ncc(Cl)c2ccc(C(=O)NC(C(=O)O)C3CCCC3)cc12. The van der Waals surface area contributed by atoms with Crippen LogP contribution in [0.5, 0.6) is 0 Å². The van der Waals surface area contributed by atoms with Crippen molar-refractivity contribution in [3.8, 4) is 0 Å². The Hall–Kier alpha value is -2.87. The molecular weight excluding hydrogens is 370 g/mol. The van der Waals surface area contributed by atoms with Crippen molar-refractivity contribution in [3.05, 3.63) is 35.0 Å². The number of guanidine groups is 1. The molecule has 1 unspecified atom stereocenters. The number of rotatable bonds is 5. The van der Waals surface area contributed by atoms with Crippen LogP contribution in [0.4, 0.5) is 5.82 Å². The molecule has 1 aliphatic carbocycles. The number of hydrogen-bond donors (Lipinski definition) is 4. The molecule has 0 spiro atoms. The van der Waals surface area contributed by atoms with Gasteiger partial charge in [0, 0.05) is 22.5 Å². The molecule has 0 bridgehead atoms. The molecule has 6 N–H and O–H groups in total. The normalized spacial score (nSPS) is 15.4. The fourth-order valence-electron chi connectivity index (χ4n) is 3.44. The maximum absolute atomic E-state index is 12.7. The molecule has 1 aromatic heterocycles. The van der Waals surface area contributed by atoms with Crippen molar-refractivity contribution < 1.29 is 14.7 Å². The van der Waals surface area contributed by atoms with E-state index in [1.165, 1.54) is 6.20 Å². The fraction of sp³-hybridized carbons (Fsp3) is 0.333. The first kappa shape index (κ1) is 18.9. The quantitative estimate of drug-likeness (QED) is 0.455. The van der Waals surface area contributed by atoms with Crippen LogP contribution in [-0.2, 0) is 4.79 Å². The molecule has 1 saturated carbocycles. The number of fused-ring (bicyclic) bond motifs is 1. The number of aliphatic imine (C=N–C) groups is 1. The molecular formula is C18H20ClN5O3. The number of halogens is 1. The predicted molar refractivity (Wildman–Crippen MR) is 103 cm³/mol. The van der Waals surface area contributed by atoms with Crippen LogP contribution in [0.2, 0.25) is 5.02 Å². The maximum Gasteiger partial charge on any atom is 0.326 e. The predicted octanol–water partition coefficient (Wildman–Crippen LogP) is 2.17. The van der Waals surface area contributed by atoms with Gasteiger partial charge in [0.05, 0.1) is 5.02 Å². The molecule has 27 heavy (non-hydrogen) atoms. The summed E-state index contributed by atoms with van der Waals surface area (Å²) in [6.07, 6.45) is 4.97. The van der Waals surface area contributed by atoms with Gasteiger partial charge in [-0.2, -0.15) is 4.99 Å². The van der Waals surface area contributed by atoms with Crippen molar-refractivity contribution in [2.75, 3.05) is 0 Å². The summed E-state index contributed by atoms with van der Waals surface area (Å²) in [6.45, 7) is 0. The van der Waals surface area contributed by atoms with Crippen LogP contribution in [-0.4, -0.2) is 34.0 Å². The largest absolute Gasteiger partial charge is 0.480 e. The van der Waals surface area contributed by atoms with Gasteiger partial charge in [-0.25, -0.2) is 9.78 Å². The highest BCUT2D eigenvalue weighted by Gasteiger charge is 2.32. The van der Waals surface area contributed by atoms with E-state index in [1.807, 2.05) is 0 Å². The number of nitrogens with one attached hydrogen (secondary N) is 1. The van der Waals surface area contributed by atoms with E-state index in [2.05, 4.69) is 15.3 Å². The molecule has 8 nitrogen and oxygen atoms in total. The number of carbonyl (C=O) groups excluding carboxylic acids is 1. The zero-order chi connectivity index (χ0) is 19.6. The standard InChI is InChI=1S/C18H20ClN5O3/c19-13-8-22-15(24-18(20)21)12-7-10(5-6-11(12)13)16(25)23-14(17(26)27)9-3-1-2-4-9/h5-9,14H,1-4H2,(H,23,25)(H,26,27)(H4,20,21,22,24). The number of nitrogens with zero attached hydrogens (tertiary/aromatic N) is 2. The second-order valence-electron chi connectivity index (χ2n) is 6.56. The minimum atomic E-state index is -1.03. The highest BCUT2D eigenvalue weighted by atomic mass is 35.5. The fourth-order valence-corrected chi connectivity index (χ4v) is 3.66. The van der Waals surface area contributed by atoms with Crippen molar-refractivity contribution in [2.45, 2.75) is 31.7 Å². The summed E-state index contributed by atoms with van der Waals surface area (Å²) < 4.78 is 0. The number of carbonyl (C=O) groups is 2. The number of carboxylic acids is 1. The summed E-state index contributed by atoms with van der Waals surface area (Å²) in [5, 5.41) is 13.6. The average Bonchev–Trinajstić information content (AvgIpc) is 3.15. The third kappa shape index (κ3) is 4.11. The van der Waals surface area contributed by atoms with Gasteiger partial charge in [0.25, 0.3) is 5.91 Å². The average molecular weight is 390 g/mol. The highest BCUT2D eigenvalue weighted by Crippen LogP contribution is 2.31. The number of aromatic nitrogens is 1. The van der Waals surface area contributed by atoms with Gasteiger partial charge in [-0.15, -0.1) is 0 Å². The molecule has 1 amide bonds. The molecule has 0 radical (unpaired) electrons. The van der Waals surface area contributed by atoms with Gasteiger partial charge >= 0.3 is 5.97 Å². The molecule has 1 aromatic carbocycles. The van der Waals surface area contributed by atoms with E-state index >= 15 is 0 Å². The molecule has 0 saturated heterocycles. The highest BCUT2D eigenvalue weighted by molar-refractivity contribution is 6.35. The topological polar surface area (TPSA) is 144 Å². The van der Waals surface area contributed by atoms with Crippen molar-refractivity contribution >= 4 is 46.0 Å². The summed E-state index contributed by atoms with van der Waals surface area (Å²) in [6, 6.07) is 3.88. The summed E-state index contributed by atoms with van der Waals surface area (Å²) >= 11 is 6.16. The lowest BCUT2D eigenvalue weighted by Crippen LogP contribution is -2.45. The Labute approximate surface area is 160 Å². The van der Waals surface area contributed by atoms with Crippen LogP contribution >= 0.6 is 11.6 Å². The molecule has 1 atom stereocenters. The second kappa shape index (κ2) is 7.79. The number of nitrogens with two attached hydrogens (primary N) is 2. The molecule has 2 aromatic rings. The first-order chi connectivity index (χ1) is 12.9. The van der Waals surface area contributed by atoms with E-state index < -0.39 is 17.9 Å². The van der Waals surface area contributed by atoms with Crippen molar-refractivity contribution in [3.63, 3.8) is 0 Å². The van der Waals surface area contributed by atoms with Gasteiger partial charge in [0.2, 0.25) is 0 Å². The number of pyridine rings is 1. The third-order valence-electron chi connectivity index (χ3n) is 4.74. The van der Waals surface area contributed by atoms with Crippen LogP contribution in [0.15, 0.2) is 29.4 Å². The molecule has 1 aliphatic rings. The van der Waals surface area contributed by atoms with Crippen LogP contribution < -0.4 is 16.8 Å². The Balaban J connectivity index is 1.94. The van der Waals surface area contributed by atoms with E-state index in [9.17, 15) is 14.7 Å². The number of benzene rings is 1. The Bertz CT molecular complexity index is 921. The van der Waals surface area contributed by atoms with E-state index in [-0.39, 0.29) is 23.3 Å². The Morgan fingerprint density at radius 2 is 1.96 bits per heavy atom. The number of aliphatic carboxylic acids is 1. The zero-order valence-corrected chi connectivity index (χ0v) is 15.2. The molecule has 9 heteroatoms. The lowest BCUT2D eigenvalue weighted by atomic mass is 9.97. The lowest BCUT2D eigenvalue weighted by molar-refractivity contribution is -0.140. The van der Waals surface area contributed by atoms with Crippen LogP contribution in [0.3, 0.4) is 0 Å². The number of hydrogen-bond acceptors (Lipinski definition) is 4. The lowest BCUT2D eigenvalue weighted by Gasteiger charge is -2.20. The van der Waals surface area contributed by atoms with Crippen LogP contribution in [0, 0.1) is 5.92 Å². The van der Waals surface area contributed by atoms with Gasteiger partial charge in [-0.05, 0) is 30.9 Å². The van der Waals surface area contributed by atoms with Crippen molar-refractivity contribution in [2.24, 2.45) is 22.4 Å². The van der Waals surface area contributed by atoms with E-state index in [1.54, 1.807) is 18.2 Å². The van der Waals surface area contributed by atoms with Gasteiger partial charge in [0.15, 0.2) is 11.8 Å². The van der Waals surface area contributed by atoms with Crippen molar-refractivity contribution in [1.29, 1.82) is 0 Å². The zero-order valence-electron chi connectivity index (χ0n) is 14.5. The molecule has 142 valence electrons. The van der Waals surface area contributed by atoms with E-state index in [4.69, 9.17) is 23.1 Å². The summed E-state index contributed by atoms with van der Waals surface area (Å²) in [5.74, 6) is -1.50. The van der Waals surface area contributed by atoms with Crippen molar-refractivity contribution in [1.82, 2.24) is 10.3 Å². The number of carboxylic acid groups (broad SMARTS) is 1. The van der Waals surface area contributed by atoms with Crippen LogP contribution in [0.1, 0.15) is 36.0 Å². The van der Waals surface area contributed by atoms with E-state index in [0.717, 1.165) is 25.7 Å². The summed E-state index contributed by atoms with van der Waals surface area (Å²) in [4.78, 5) is 32.3. The second-order valence-corrected chi connectivity index (χ2v) is 6.97.